The predicted octanol–water partition coefficient (Wildman–Crippen LogP) is 1.78. The van der Waals surface area contributed by atoms with Crippen LogP contribution in [-0.4, -0.2) is 12.1 Å². The lowest BCUT2D eigenvalue weighted by Gasteiger charge is -2.25. The van der Waals surface area contributed by atoms with Crippen LogP contribution in [0.2, 0.25) is 0 Å². The fourth-order valence-electron chi connectivity index (χ4n) is 1.69. The van der Waals surface area contributed by atoms with Crippen molar-refractivity contribution < 1.29 is 17.6 Å². The van der Waals surface area contributed by atoms with Gasteiger partial charge in [0.05, 0.1) is 0 Å². The number of alkyl halides is 3. The molecule has 19 heavy (non-hydrogen) atoms. The Hall–Kier alpha value is -2.03. The summed E-state index contributed by atoms with van der Waals surface area (Å²) in [7, 11) is 0. The number of benzene rings is 1. The van der Waals surface area contributed by atoms with Crippen molar-refractivity contribution in [3.05, 3.63) is 35.1 Å². The first-order chi connectivity index (χ1) is 8.80. The third kappa shape index (κ3) is 2.05. The van der Waals surface area contributed by atoms with Crippen molar-refractivity contribution in [1.29, 1.82) is 0 Å². The molecule has 1 aromatic rings. The van der Waals surface area contributed by atoms with Crippen molar-refractivity contribution in [1.82, 2.24) is 0 Å². The van der Waals surface area contributed by atoms with Crippen LogP contribution in [0.15, 0.2) is 33.4 Å². The number of hydrogen-bond acceptors (Lipinski definition) is 5. The maximum absolute atomic E-state index is 13.8. The molecule has 1 heterocycles. The highest BCUT2D eigenvalue weighted by molar-refractivity contribution is 5.80. The number of nitrogens with zero attached hydrogens (tertiary/aromatic N) is 3. The van der Waals surface area contributed by atoms with Crippen LogP contribution in [0.1, 0.15) is 11.1 Å². The molecule has 0 bridgehead atoms. The molecule has 4 N–H and O–H groups in total. The van der Waals surface area contributed by atoms with Gasteiger partial charge in [-0.1, -0.05) is 12.1 Å². The lowest BCUT2D eigenvalue weighted by Crippen LogP contribution is -2.39. The number of aliphatic imine (C=N–C) groups is 1. The van der Waals surface area contributed by atoms with Gasteiger partial charge in [0.1, 0.15) is 5.82 Å². The third-order valence-electron chi connectivity index (χ3n) is 2.61. The van der Waals surface area contributed by atoms with Gasteiger partial charge in [-0.15, -0.1) is 10.2 Å². The highest BCUT2D eigenvalue weighted by Gasteiger charge is 2.60. The van der Waals surface area contributed by atoms with Crippen molar-refractivity contribution in [3.63, 3.8) is 0 Å². The van der Waals surface area contributed by atoms with Gasteiger partial charge in [0.15, 0.2) is 0 Å². The van der Waals surface area contributed by atoms with E-state index in [1.54, 1.807) is 0 Å². The molecular formula is C10H9F4N5. The predicted molar refractivity (Wildman–Crippen MR) is 58.5 cm³/mol. The normalized spacial score (nSPS) is 22.7. The minimum Gasteiger partial charge on any atom is -0.367 e. The molecule has 0 aromatic heterocycles. The van der Waals surface area contributed by atoms with Gasteiger partial charge < -0.3 is 11.5 Å². The number of hydrogen-bond donors (Lipinski definition) is 2. The highest BCUT2D eigenvalue weighted by Crippen LogP contribution is 2.46. The van der Waals surface area contributed by atoms with E-state index in [2.05, 4.69) is 15.2 Å². The standard InChI is InChI=1S/C10H9F4N5/c11-7-3-5(4-15)1-2-6(7)9(10(12,13)14)17-8(16)18-19-9/h1-3H,4,15H2,(H2,16,17). The molecule has 1 unspecified atom stereocenters. The first kappa shape index (κ1) is 13.4. The largest absolute Gasteiger partial charge is 0.440 e. The van der Waals surface area contributed by atoms with Crippen molar-refractivity contribution >= 4 is 5.96 Å². The summed E-state index contributed by atoms with van der Waals surface area (Å²) >= 11 is 0. The molecule has 1 atom stereocenters. The van der Waals surface area contributed by atoms with Crippen molar-refractivity contribution in [2.24, 2.45) is 26.7 Å². The second kappa shape index (κ2) is 4.26. The first-order valence-corrected chi connectivity index (χ1v) is 5.14. The molecule has 1 aromatic carbocycles. The van der Waals surface area contributed by atoms with Crippen LogP contribution in [-0.2, 0) is 12.2 Å². The van der Waals surface area contributed by atoms with Crippen molar-refractivity contribution in [2.45, 2.75) is 18.4 Å². The Morgan fingerprint density at radius 3 is 2.37 bits per heavy atom. The first-order valence-electron chi connectivity index (χ1n) is 5.14. The van der Waals surface area contributed by atoms with Crippen molar-refractivity contribution in [2.75, 3.05) is 0 Å². The quantitative estimate of drug-likeness (QED) is 0.805. The molecule has 0 saturated carbocycles. The molecule has 0 fully saturated rings. The lowest BCUT2D eigenvalue weighted by atomic mass is 9.98. The van der Waals surface area contributed by atoms with E-state index in [1.165, 1.54) is 6.07 Å². The summed E-state index contributed by atoms with van der Waals surface area (Å²) < 4.78 is 53.2. The van der Waals surface area contributed by atoms with Gasteiger partial charge in [0.25, 0.3) is 5.66 Å². The Kier molecular flexibility index (Phi) is 3.01. The van der Waals surface area contributed by atoms with E-state index >= 15 is 0 Å². The Labute approximate surface area is 105 Å². The number of halogens is 4. The number of guanidine groups is 1. The SMILES string of the molecule is NCc1ccc(C2(C(F)(F)F)N=NC(N)=N2)c(F)c1. The summed E-state index contributed by atoms with van der Waals surface area (Å²) in [5, 5.41) is 6.06. The third-order valence-corrected chi connectivity index (χ3v) is 2.61. The van der Waals surface area contributed by atoms with Gasteiger partial charge in [-0.3, -0.25) is 0 Å². The molecule has 0 radical (unpaired) electrons. The summed E-state index contributed by atoms with van der Waals surface area (Å²) in [5.74, 6) is -1.77. The van der Waals surface area contributed by atoms with Crippen LogP contribution in [0.3, 0.4) is 0 Å². The molecule has 9 heteroatoms. The molecule has 102 valence electrons. The Morgan fingerprint density at radius 2 is 1.95 bits per heavy atom. The monoisotopic (exact) mass is 275 g/mol. The fourth-order valence-corrected chi connectivity index (χ4v) is 1.69. The maximum Gasteiger partial charge on any atom is 0.440 e. The fraction of sp³-hybridized carbons (Fsp3) is 0.300. The van der Waals surface area contributed by atoms with E-state index in [9.17, 15) is 17.6 Å². The number of nitrogens with two attached hydrogens (primary N) is 2. The van der Waals surface area contributed by atoms with E-state index in [4.69, 9.17) is 11.5 Å². The van der Waals surface area contributed by atoms with Gasteiger partial charge in [0, 0.05) is 12.1 Å². The number of rotatable bonds is 2. The van der Waals surface area contributed by atoms with Gasteiger partial charge in [-0.25, -0.2) is 9.38 Å². The average Bonchev–Trinajstić information content (AvgIpc) is 2.71. The summed E-state index contributed by atoms with van der Waals surface area (Å²) in [6.07, 6.45) is -4.96. The summed E-state index contributed by atoms with van der Waals surface area (Å²) in [6.45, 7) is 0.00312. The Balaban J connectivity index is 2.63. The van der Waals surface area contributed by atoms with E-state index < -0.39 is 29.2 Å². The topological polar surface area (TPSA) is 89.1 Å². The zero-order valence-electron chi connectivity index (χ0n) is 9.45. The Bertz CT molecular complexity index is 566. The van der Waals surface area contributed by atoms with E-state index in [0.717, 1.165) is 12.1 Å². The van der Waals surface area contributed by atoms with Gasteiger partial charge in [0.2, 0.25) is 5.96 Å². The molecule has 0 amide bonds. The lowest BCUT2D eigenvalue weighted by molar-refractivity contribution is -0.187. The summed E-state index contributed by atoms with van der Waals surface area (Å²) in [6, 6.07) is 3.11. The maximum atomic E-state index is 13.8. The van der Waals surface area contributed by atoms with Gasteiger partial charge in [-0.2, -0.15) is 13.2 Å². The summed E-state index contributed by atoms with van der Waals surface area (Å²) in [4.78, 5) is 3.14. The molecule has 0 saturated heterocycles. The van der Waals surface area contributed by atoms with E-state index in [-0.39, 0.29) is 6.54 Å². The van der Waals surface area contributed by atoms with Crippen LogP contribution in [0.5, 0.6) is 0 Å². The Morgan fingerprint density at radius 1 is 1.26 bits per heavy atom. The minimum atomic E-state index is -4.96. The van der Waals surface area contributed by atoms with Crippen LogP contribution < -0.4 is 11.5 Å². The van der Waals surface area contributed by atoms with Crippen LogP contribution in [0, 0.1) is 5.82 Å². The van der Waals surface area contributed by atoms with Crippen LogP contribution >= 0.6 is 0 Å². The van der Waals surface area contributed by atoms with E-state index in [0.29, 0.717) is 5.56 Å². The van der Waals surface area contributed by atoms with Gasteiger partial charge >= 0.3 is 6.18 Å². The molecule has 0 spiro atoms. The second-order valence-corrected chi connectivity index (χ2v) is 3.86. The zero-order chi connectivity index (χ0) is 14.3. The van der Waals surface area contributed by atoms with E-state index in [1.807, 2.05) is 0 Å². The molecule has 1 aliphatic rings. The van der Waals surface area contributed by atoms with Gasteiger partial charge in [-0.05, 0) is 11.6 Å². The van der Waals surface area contributed by atoms with Crippen molar-refractivity contribution in [3.8, 4) is 0 Å². The number of azo groups is 1. The molecule has 0 aliphatic carbocycles. The highest BCUT2D eigenvalue weighted by atomic mass is 19.4. The smallest absolute Gasteiger partial charge is 0.367 e. The minimum absolute atomic E-state index is 0.00312. The average molecular weight is 275 g/mol. The molecule has 1 aliphatic heterocycles. The molecule has 2 rings (SSSR count). The second-order valence-electron chi connectivity index (χ2n) is 3.86. The molecular weight excluding hydrogens is 266 g/mol. The zero-order valence-corrected chi connectivity index (χ0v) is 9.45. The van der Waals surface area contributed by atoms with Crippen LogP contribution in [0.4, 0.5) is 17.6 Å². The van der Waals surface area contributed by atoms with Crippen LogP contribution in [0.25, 0.3) is 0 Å². The molecule has 5 nitrogen and oxygen atoms in total. The summed E-state index contributed by atoms with van der Waals surface area (Å²) in [5.41, 5.74) is 6.86.